The zero-order valence-electron chi connectivity index (χ0n) is 10.3. The van der Waals surface area contributed by atoms with Crippen LogP contribution in [0.5, 0.6) is 11.5 Å². The molecule has 0 spiro atoms. The average molecular weight is 223 g/mol. The van der Waals surface area contributed by atoms with Crippen molar-refractivity contribution in [3.63, 3.8) is 0 Å². The van der Waals surface area contributed by atoms with Gasteiger partial charge in [0.05, 0.1) is 13.7 Å². The van der Waals surface area contributed by atoms with Gasteiger partial charge in [-0.05, 0) is 24.5 Å². The van der Waals surface area contributed by atoms with Crippen molar-refractivity contribution in [2.24, 2.45) is 11.7 Å². The first-order valence-corrected chi connectivity index (χ1v) is 5.66. The highest BCUT2D eigenvalue weighted by Crippen LogP contribution is 2.25. The van der Waals surface area contributed by atoms with Crippen LogP contribution in [-0.4, -0.2) is 19.8 Å². The minimum Gasteiger partial charge on any atom is -0.493 e. The van der Waals surface area contributed by atoms with E-state index in [1.54, 1.807) is 7.11 Å². The molecule has 0 radical (unpaired) electrons. The normalized spacial score (nSPS) is 12.6. The molecule has 1 unspecified atom stereocenters. The highest BCUT2D eigenvalue weighted by molar-refractivity contribution is 5.39. The van der Waals surface area contributed by atoms with Crippen LogP contribution < -0.4 is 15.2 Å². The molecule has 16 heavy (non-hydrogen) atoms. The molecule has 0 aliphatic carbocycles. The van der Waals surface area contributed by atoms with Gasteiger partial charge < -0.3 is 15.2 Å². The van der Waals surface area contributed by atoms with E-state index >= 15 is 0 Å². The fourth-order valence-corrected chi connectivity index (χ4v) is 1.38. The van der Waals surface area contributed by atoms with Crippen molar-refractivity contribution in [3.8, 4) is 11.5 Å². The molecule has 0 fully saturated rings. The van der Waals surface area contributed by atoms with Crippen LogP contribution in [0.2, 0.25) is 0 Å². The maximum Gasteiger partial charge on any atom is 0.161 e. The van der Waals surface area contributed by atoms with Gasteiger partial charge in [0.15, 0.2) is 11.5 Å². The van der Waals surface area contributed by atoms with Crippen LogP contribution in [0.25, 0.3) is 0 Å². The second-order valence-corrected chi connectivity index (χ2v) is 4.20. The highest BCUT2D eigenvalue weighted by Gasteiger charge is 2.08. The van der Waals surface area contributed by atoms with Gasteiger partial charge in [-0.1, -0.05) is 26.0 Å². The van der Waals surface area contributed by atoms with Gasteiger partial charge in [-0.15, -0.1) is 0 Å². The Hall–Kier alpha value is -1.22. The summed E-state index contributed by atoms with van der Waals surface area (Å²) in [5.74, 6) is 2.03. The Morgan fingerprint density at radius 2 is 1.81 bits per heavy atom. The van der Waals surface area contributed by atoms with E-state index in [0.717, 1.165) is 17.9 Å². The second-order valence-electron chi connectivity index (χ2n) is 4.20. The summed E-state index contributed by atoms with van der Waals surface area (Å²) >= 11 is 0. The van der Waals surface area contributed by atoms with Gasteiger partial charge in [-0.25, -0.2) is 0 Å². The van der Waals surface area contributed by atoms with Crippen molar-refractivity contribution in [3.05, 3.63) is 24.3 Å². The number of benzene rings is 1. The molecular formula is C13H21NO2. The van der Waals surface area contributed by atoms with Crippen LogP contribution in [0.15, 0.2) is 24.3 Å². The first kappa shape index (κ1) is 12.8. The summed E-state index contributed by atoms with van der Waals surface area (Å²) in [7, 11) is 1.64. The molecule has 1 atom stereocenters. The van der Waals surface area contributed by atoms with Crippen LogP contribution in [0, 0.1) is 5.92 Å². The lowest BCUT2D eigenvalue weighted by Crippen LogP contribution is -2.28. The van der Waals surface area contributed by atoms with E-state index in [9.17, 15) is 0 Å². The summed E-state index contributed by atoms with van der Waals surface area (Å²) in [4.78, 5) is 0. The SMILES string of the molecule is COc1ccccc1OCCC(N)C(C)C. The van der Waals surface area contributed by atoms with Gasteiger partial charge >= 0.3 is 0 Å². The lowest BCUT2D eigenvalue weighted by Gasteiger charge is -2.16. The topological polar surface area (TPSA) is 44.5 Å². The molecule has 0 amide bonds. The standard InChI is InChI=1S/C13H21NO2/c1-10(2)11(14)8-9-16-13-7-5-4-6-12(13)15-3/h4-7,10-11H,8-9,14H2,1-3H3. The molecule has 3 heteroatoms. The van der Waals surface area contributed by atoms with E-state index in [4.69, 9.17) is 15.2 Å². The number of methoxy groups -OCH3 is 1. The van der Waals surface area contributed by atoms with Crippen molar-refractivity contribution < 1.29 is 9.47 Å². The first-order chi connectivity index (χ1) is 7.65. The van der Waals surface area contributed by atoms with Crippen LogP contribution in [0.4, 0.5) is 0 Å². The first-order valence-electron chi connectivity index (χ1n) is 5.66. The molecule has 3 nitrogen and oxygen atoms in total. The van der Waals surface area contributed by atoms with E-state index in [1.807, 2.05) is 24.3 Å². The zero-order chi connectivity index (χ0) is 12.0. The summed E-state index contributed by atoms with van der Waals surface area (Å²) in [6.07, 6.45) is 0.857. The smallest absolute Gasteiger partial charge is 0.161 e. The molecule has 0 saturated heterocycles. The van der Waals surface area contributed by atoms with E-state index in [-0.39, 0.29) is 6.04 Å². The van der Waals surface area contributed by atoms with Crippen LogP contribution in [0.1, 0.15) is 20.3 Å². The third kappa shape index (κ3) is 3.74. The van der Waals surface area contributed by atoms with Gasteiger partial charge in [-0.2, -0.15) is 0 Å². The third-order valence-corrected chi connectivity index (χ3v) is 2.63. The molecule has 0 aliphatic heterocycles. The number of ether oxygens (including phenoxy) is 2. The molecule has 1 aromatic rings. The van der Waals surface area contributed by atoms with Crippen LogP contribution in [-0.2, 0) is 0 Å². The van der Waals surface area contributed by atoms with Gasteiger partial charge in [0.25, 0.3) is 0 Å². The Balaban J connectivity index is 2.42. The third-order valence-electron chi connectivity index (χ3n) is 2.63. The molecule has 1 rings (SSSR count). The number of hydrogen-bond acceptors (Lipinski definition) is 3. The minimum absolute atomic E-state index is 0.190. The van der Waals surface area contributed by atoms with E-state index in [1.165, 1.54) is 0 Å². The highest BCUT2D eigenvalue weighted by atomic mass is 16.5. The predicted octanol–water partition coefficient (Wildman–Crippen LogP) is 2.45. The summed E-state index contributed by atoms with van der Waals surface area (Å²) in [6.45, 7) is 4.86. The average Bonchev–Trinajstić information content (AvgIpc) is 2.29. The Labute approximate surface area is 97.6 Å². The Morgan fingerprint density at radius 1 is 1.19 bits per heavy atom. The maximum absolute atomic E-state index is 5.94. The van der Waals surface area contributed by atoms with Crippen LogP contribution >= 0.6 is 0 Å². The molecule has 0 aliphatic rings. The van der Waals surface area contributed by atoms with E-state index in [2.05, 4.69) is 13.8 Å². The van der Waals surface area contributed by atoms with Crippen molar-refractivity contribution in [2.75, 3.05) is 13.7 Å². The van der Waals surface area contributed by atoms with Gasteiger partial charge in [0, 0.05) is 6.04 Å². The minimum atomic E-state index is 0.190. The number of nitrogens with two attached hydrogens (primary N) is 1. The Bertz CT molecular complexity index is 313. The molecule has 1 aromatic carbocycles. The number of hydrogen-bond donors (Lipinski definition) is 1. The fraction of sp³-hybridized carbons (Fsp3) is 0.538. The van der Waals surface area contributed by atoms with Gasteiger partial charge in [-0.3, -0.25) is 0 Å². The summed E-state index contributed by atoms with van der Waals surface area (Å²) in [5, 5.41) is 0. The lowest BCUT2D eigenvalue weighted by atomic mass is 10.0. The molecule has 0 heterocycles. The van der Waals surface area contributed by atoms with Crippen molar-refractivity contribution in [2.45, 2.75) is 26.3 Å². The maximum atomic E-state index is 5.94. The van der Waals surface area contributed by atoms with E-state index < -0.39 is 0 Å². The number of para-hydroxylation sites is 2. The van der Waals surface area contributed by atoms with Crippen molar-refractivity contribution in [1.82, 2.24) is 0 Å². The van der Waals surface area contributed by atoms with Crippen molar-refractivity contribution >= 4 is 0 Å². The molecule has 90 valence electrons. The molecule has 0 bridgehead atoms. The zero-order valence-corrected chi connectivity index (χ0v) is 10.3. The monoisotopic (exact) mass is 223 g/mol. The summed E-state index contributed by atoms with van der Waals surface area (Å²) in [6, 6.07) is 7.83. The Morgan fingerprint density at radius 3 is 2.38 bits per heavy atom. The molecule has 0 aromatic heterocycles. The summed E-state index contributed by atoms with van der Waals surface area (Å²) < 4.78 is 10.8. The Kier molecular flexibility index (Phi) is 5.12. The fourth-order valence-electron chi connectivity index (χ4n) is 1.38. The van der Waals surface area contributed by atoms with Gasteiger partial charge in [0.2, 0.25) is 0 Å². The predicted molar refractivity (Wildman–Crippen MR) is 65.9 cm³/mol. The molecular weight excluding hydrogens is 202 g/mol. The molecule has 0 saturated carbocycles. The van der Waals surface area contributed by atoms with E-state index in [0.29, 0.717) is 12.5 Å². The quantitative estimate of drug-likeness (QED) is 0.805. The second kappa shape index (κ2) is 6.38. The van der Waals surface area contributed by atoms with Gasteiger partial charge in [0.1, 0.15) is 0 Å². The number of rotatable bonds is 6. The summed E-state index contributed by atoms with van der Waals surface area (Å²) in [5.41, 5.74) is 5.94. The van der Waals surface area contributed by atoms with Crippen LogP contribution in [0.3, 0.4) is 0 Å². The molecule has 2 N–H and O–H groups in total. The lowest BCUT2D eigenvalue weighted by molar-refractivity contribution is 0.268. The van der Waals surface area contributed by atoms with Crippen molar-refractivity contribution in [1.29, 1.82) is 0 Å². The largest absolute Gasteiger partial charge is 0.493 e.